The Bertz CT molecular complexity index is 181. The monoisotopic (exact) mass is 154 g/mol. The molecule has 0 radical (unpaired) electrons. The average Bonchev–Trinajstić information content (AvgIpc) is 1.76. The Kier molecular flexibility index (Phi) is 1.42. The fraction of sp³-hybridized carbons (Fsp3) is 0.875. The molecule has 0 unspecified atom stereocenters. The molecule has 1 amide bonds. The van der Waals surface area contributed by atoms with E-state index in [9.17, 15) is 4.79 Å². The number of rotatable bonds is 2. The minimum absolute atomic E-state index is 0.184. The van der Waals surface area contributed by atoms with Gasteiger partial charge in [0.15, 0.2) is 0 Å². The molecular weight excluding hydrogens is 140 g/mol. The lowest BCUT2D eigenvalue weighted by Crippen LogP contribution is -2.65. The zero-order valence-corrected chi connectivity index (χ0v) is 6.68. The van der Waals surface area contributed by atoms with E-state index in [-0.39, 0.29) is 5.91 Å². The van der Waals surface area contributed by atoms with E-state index in [0.717, 1.165) is 6.54 Å². The van der Waals surface area contributed by atoms with Crippen LogP contribution in [0.5, 0.6) is 0 Å². The molecule has 1 saturated carbocycles. The molecule has 1 spiro atoms. The largest absolute Gasteiger partial charge is 0.369 e. The number of hydrogen-bond donors (Lipinski definition) is 1. The fourth-order valence-electron chi connectivity index (χ4n) is 2.17. The van der Waals surface area contributed by atoms with Gasteiger partial charge in [-0.15, -0.1) is 0 Å². The van der Waals surface area contributed by atoms with Gasteiger partial charge >= 0.3 is 0 Å². The minimum Gasteiger partial charge on any atom is -0.369 e. The van der Waals surface area contributed by atoms with Crippen LogP contribution in [0.2, 0.25) is 0 Å². The predicted octanol–water partition coefficient (Wildman–Crippen LogP) is 0.100. The number of likely N-dealkylation sites (tertiary alicyclic amines) is 1. The Labute approximate surface area is 66.5 Å². The third-order valence-corrected chi connectivity index (χ3v) is 3.15. The summed E-state index contributed by atoms with van der Waals surface area (Å²) in [7, 11) is 0. The average molecular weight is 154 g/mol. The summed E-state index contributed by atoms with van der Waals surface area (Å²) in [5, 5.41) is 0. The second kappa shape index (κ2) is 2.21. The van der Waals surface area contributed by atoms with Crippen molar-refractivity contribution in [3.05, 3.63) is 0 Å². The number of hydrogen-bond acceptors (Lipinski definition) is 2. The first kappa shape index (κ1) is 7.10. The molecule has 2 fully saturated rings. The van der Waals surface area contributed by atoms with E-state index in [1.165, 1.54) is 25.7 Å². The highest BCUT2D eigenvalue weighted by Gasteiger charge is 2.48. The number of carbonyl (C=O) groups excluding carboxylic acids is 1. The molecule has 0 aromatic heterocycles. The lowest BCUT2D eigenvalue weighted by Gasteiger charge is -2.58. The number of primary amides is 1. The van der Waals surface area contributed by atoms with Gasteiger partial charge in [-0.05, 0) is 25.7 Å². The first-order valence-corrected chi connectivity index (χ1v) is 4.26. The van der Waals surface area contributed by atoms with Crippen LogP contribution < -0.4 is 5.73 Å². The highest BCUT2D eigenvalue weighted by molar-refractivity contribution is 5.76. The van der Waals surface area contributed by atoms with E-state index in [2.05, 4.69) is 4.90 Å². The lowest BCUT2D eigenvalue weighted by molar-refractivity contribution is -0.129. The maximum atomic E-state index is 10.6. The fourth-order valence-corrected chi connectivity index (χ4v) is 2.17. The van der Waals surface area contributed by atoms with Crippen LogP contribution in [0.1, 0.15) is 25.7 Å². The van der Waals surface area contributed by atoms with Gasteiger partial charge in [-0.25, -0.2) is 0 Å². The molecule has 0 bridgehead atoms. The molecule has 1 aliphatic carbocycles. The number of nitrogens with zero attached hydrogens (tertiary/aromatic N) is 1. The van der Waals surface area contributed by atoms with Crippen molar-refractivity contribution in [2.24, 2.45) is 5.73 Å². The second-order valence-electron chi connectivity index (χ2n) is 3.72. The third kappa shape index (κ3) is 0.948. The molecule has 11 heavy (non-hydrogen) atoms. The molecule has 2 aliphatic rings. The Morgan fingerprint density at radius 3 is 2.45 bits per heavy atom. The summed E-state index contributed by atoms with van der Waals surface area (Å²) in [6, 6.07) is 0. The topological polar surface area (TPSA) is 46.3 Å². The van der Waals surface area contributed by atoms with Gasteiger partial charge in [0, 0.05) is 12.1 Å². The van der Waals surface area contributed by atoms with Gasteiger partial charge in [-0.2, -0.15) is 0 Å². The third-order valence-electron chi connectivity index (χ3n) is 3.15. The molecule has 3 nitrogen and oxygen atoms in total. The van der Waals surface area contributed by atoms with Gasteiger partial charge < -0.3 is 5.73 Å². The van der Waals surface area contributed by atoms with Crippen LogP contribution in [0.4, 0.5) is 0 Å². The van der Waals surface area contributed by atoms with E-state index in [1.54, 1.807) is 0 Å². The molecule has 1 heterocycles. The summed E-state index contributed by atoms with van der Waals surface area (Å²) >= 11 is 0. The van der Waals surface area contributed by atoms with E-state index < -0.39 is 0 Å². The van der Waals surface area contributed by atoms with Crippen LogP contribution >= 0.6 is 0 Å². The molecule has 1 saturated heterocycles. The summed E-state index contributed by atoms with van der Waals surface area (Å²) in [6.07, 6.45) is 5.16. The van der Waals surface area contributed by atoms with Crippen molar-refractivity contribution in [1.29, 1.82) is 0 Å². The molecule has 2 rings (SSSR count). The van der Waals surface area contributed by atoms with Gasteiger partial charge in [0.2, 0.25) is 5.91 Å². The van der Waals surface area contributed by atoms with E-state index >= 15 is 0 Å². The van der Waals surface area contributed by atoms with Gasteiger partial charge in [0.25, 0.3) is 0 Å². The smallest absolute Gasteiger partial charge is 0.231 e. The highest BCUT2D eigenvalue weighted by Crippen LogP contribution is 2.46. The van der Waals surface area contributed by atoms with Crippen LogP contribution in [0, 0.1) is 0 Å². The standard InChI is InChI=1S/C8H14N2O/c9-7(11)6-10-5-4-8(10)2-1-3-8/h1-6H2,(H2,9,11). The zero-order valence-electron chi connectivity index (χ0n) is 6.68. The van der Waals surface area contributed by atoms with Crippen molar-refractivity contribution in [3.63, 3.8) is 0 Å². The van der Waals surface area contributed by atoms with Crippen molar-refractivity contribution in [2.75, 3.05) is 13.1 Å². The first-order valence-electron chi connectivity index (χ1n) is 4.26. The molecule has 62 valence electrons. The first-order chi connectivity index (χ1) is 5.23. The Balaban J connectivity index is 1.90. The molecule has 3 heteroatoms. The summed E-state index contributed by atoms with van der Waals surface area (Å²) < 4.78 is 0. The Morgan fingerprint density at radius 2 is 2.18 bits per heavy atom. The van der Waals surface area contributed by atoms with E-state index in [1.807, 2.05) is 0 Å². The zero-order chi connectivity index (χ0) is 7.90. The van der Waals surface area contributed by atoms with Gasteiger partial charge in [0.05, 0.1) is 6.54 Å². The predicted molar refractivity (Wildman–Crippen MR) is 42.0 cm³/mol. The van der Waals surface area contributed by atoms with E-state index in [4.69, 9.17) is 5.73 Å². The van der Waals surface area contributed by atoms with Crippen LogP contribution in [-0.4, -0.2) is 29.4 Å². The molecule has 0 aromatic carbocycles. The van der Waals surface area contributed by atoms with Crippen molar-refractivity contribution in [2.45, 2.75) is 31.2 Å². The van der Waals surface area contributed by atoms with Crippen molar-refractivity contribution < 1.29 is 4.79 Å². The maximum absolute atomic E-state index is 10.6. The number of nitrogens with two attached hydrogens (primary N) is 1. The number of carbonyl (C=O) groups is 1. The lowest BCUT2D eigenvalue weighted by atomic mass is 9.68. The van der Waals surface area contributed by atoms with Gasteiger partial charge in [0.1, 0.15) is 0 Å². The summed E-state index contributed by atoms with van der Waals surface area (Å²) in [5.74, 6) is -0.184. The summed E-state index contributed by atoms with van der Waals surface area (Å²) in [6.45, 7) is 1.54. The molecule has 1 aliphatic heterocycles. The van der Waals surface area contributed by atoms with Gasteiger partial charge in [-0.3, -0.25) is 9.69 Å². The normalized spacial score (nSPS) is 27.6. The van der Waals surface area contributed by atoms with Crippen LogP contribution in [0.15, 0.2) is 0 Å². The molecule has 0 atom stereocenters. The van der Waals surface area contributed by atoms with Crippen LogP contribution in [0.3, 0.4) is 0 Å². The number of amides is 1. The quantitative estimate of drug-likeness (QED) is 0.613. The SMILES string of the molecule is NC(=O)CN1CCC12CCC2. The second-order valence-corrected chi connectivity index (χ2v) is 3.72. The molecule has 0 aromatic rings. The van der Waals surface area contributed by atoms with Crippen molar-refractivity contribution >= 4 is 5.91 Å². The highest BCUT2D eigenvalue weighted by atomic mass is 16.1. The van der Waals surface area contributed by atoms with Gasteiger partial charge in [-0.1, -0.05) is 0 Å². The van der Waals surface area contributed by atoms with Crippen LogP contribution in [0.25, 0.3) is 0 Å². The Morgan fingerprint density at radius 1 is 1.45 bits per heavy atom. The minimum atomic E-state index is -0.184. The van der Waals surface area contributed by atoms with Crippen molar-refractivity contribution in [3.8, 4) is 0 Å². The molecule has 2 N–H and O–H groups in total. The maximum Gasteiger partial charge on any atom is 0.231 e. The van der Waals surface area contributed by atoms with Crippen molar-refractivity contribution in [1.82, 2.24) is 4.90 Å². The van der Waals surface area contributed by atoms with Crippen LogP contribution in [-0.2, 0) is 4.79 Å². The Hall–Kier alpha value is -0.570. The molecular formula is C8H14N2O. The summed E-state index contributed by atoms with van der Waals surface area (Å²) in [5.41, 5.74) is 5.55. The van der Waals surface area contributed by atoms with E-state index in [0.29, 0.717) is 12.1 Å². The summed E-state index contributed by atoms with van der Waals surface area (Å²) in [4.78, 5) is 12.8.